The van der Waals surface area contributed by atoms with Crippen molar-refractivity contribution in [2.24, 2.45) is 0 Å². The van der Waals surface area contributed by atoms with Crippen molar-refractivity contribution in [3.63, 3.8) is 0 Å². The number of sulfonamides is 1. The SMILES string of the molecule is CCNc1ccncc1S(=O)(=O)N1CCCN(C)CC1. The fourth-order valence-electron chi connectivity index (χ4n) is 2.32. The third kappa shape index (κ3) is 3.28. The molecule has 2 heterocycles. The van der Waals surface area contributed by atoms with Crippen LogP contribution in [0.3, 0.4) is 0 Å². The van der Waals surface area contributed by atoms with E-state index in [0.717, 1.165) is 19.5 Å². The molecule has 6 nitrogen and oxygen atoms in total. The van der Waals surface area contributed by atoms with Gasteiger partial charge in [-0.3, -0.25) is 4.98 Å². The molecule has 2 rings (SSSR count). The number of pyridine rings is 1. The van der Waals surface area contributed by atoms with E-state index >= 15 is 0 Å². The van der Waals surface area contributed by atoms with E-state index in [4.69, 9.17) is 0 Å². The van der Waals surface area contributed by atoms with Crippen LogP contribution in [-0.2, 0) is 10.0 Å². The van der Waals surface area contributed by atoms with Crippen molar-refractivity contribution >= 4 is 15.7 Å². The molecule has 1 fully saturated rings. The van der Waals surface area contributed by atoms with Gasteiger partial charge in [0.1, 0.15) is 4.90 Å². The van der Waals surface area contributed by atoms with Crippen LogP contribution >= 0.6 is 0 Å². The maximum atomic E-state index is 12.8. The second kappa shape index (κ2) is 6.51. The topological polar surface area (TPSA) is 65.5 Å². The van der Waals surface area contributed by atoms with Gasteiger partial charge in [-0.05, 0) is 33.0 Å². The van der Waals surface area contributed by atoms with Crippen LogP contribution in [0.25, 0.3) is 0 Å². The number of hydrogen-bond acceptors (Lipinski definition) is 5. The first-order chi connectivity index (χ1) is 9.55. The van der Waals surface area contributed by atoms with Gasteiger partial charge in [-0.2, -0.15) is 4.31 Å². The lowest BCUT2D eigenvalue weighted by Crippen LogP contribution is -2.35. The van der Waals surface area contributed by atoms with Crippen molar-refractivity contribution in [2.75, 3.05) is 45.1 Å². The number of rotatable bonds is 4. The van der Waals surface area contributed by atoms with Crippen molar-refractivity contribution in [1.29, 1.82) is 0 Å². The predicted octanol–water partition coefficient (Wildman–Crippen LogP) is 0.840. The quantitative estimate of drug-likeness (QED) is 0.892. The zero-order valence-electron chi connectivity index (χ0n) is 12.0. The monoisotopic (exact) mass is 298 g/mol. The number of nitrogens with one attached hydrogen (secondary N) is 1. The molecule has 0 atom stereocenters. The molecule has 0 bridgehead atoms. The van der Waals surface area contributed by atoms with Gasteiger partial charge < -0.3 is 10.2 Å². The van der Waals surface area contributed by atoms with Gasteiger partial charge in [-0.1, -0.05) is 0 Å². The second-order valence-corrected chi connectivity index (χ2v) is 6.87. The Labute approximate surface area is 120 Å². The van der Waals surface area contributed by atoms with Crippen LogP contribution in [0.5, 0.6) is 0 Å². The van der Waals surface area contributed by atoms with E-state index in [0.29, 0.717) is 25.3 Å². The summed E-state index contributed by atoms with van der Waals surface area (Å²) in [5.41, 5.74) is 0.625. The van der Waals surface area contributed by atoms with Gasteiger partial charge in [0.15, 0.2) is 0 Å². The highest BCUT2D eigenvalue weighted by Crippen LogP contribution is 2.24. The van der Waals surface area contributed by atoms with Gasteiger partial charge in [0.05, 0.1) is 5.69 Å². The van der Waals surface area contributed by atoms with E-state index in [1.165, 1.54) is 6.20 Å². The highest BCUT2D eigenvalue weighted by Gasteiger charge is 2.28. The number of aromatic nitrogens is 1. The first kappa shape index (κ1) is 15.2. The van der Waals surface area contributed by atoms with E-state index in [-0.39, 0.29) is 4.90 Å². The van der Waals surface area contributed by atoms with Crippen molar-refractivity contribution in [2.45, 2.75) is 18.2 Å². The van der Waals surface area contributed by atoms with Crippen LogP contribution in [0.4, 0.5) is 5.69 Å². The minimum absolute atomic E-state index is 0.270. The first-order valence-corrected chi connectivity index (χ1v) is 8.36. The summed E-state index contributed by atoms with van der Waals surface area (Å²) in [6, 6.07) is 1.71. The average molecular weight is 298 g/mol. The summed E-state index contributed by atoms with van der Waals surface area (Å²) in [6.07, 6.45) is 3.89. The molecule has 0 aromatic carbocycles. The lowest BCUT2D eigenvalue weighted by atomic mass is 10.4. The lowest BCUT2D eigenvalue weighted by molar-refractivity contribution is 0.347. The van der Waals surface area contributed by atoms with Gasteiger partial charge in [-0.15, -0.1) is 0 Å². The molecule has 20 heavy (non-hydrogen) atoms. The van der Waals surface area contributed by atoms with E-state index in [2.05, 4.69) is 15.2 Å². The van der Waals surface area contributed by atoms with Gasteiger partial charge in [-0.25, -0.2) is 8.42 Å². The van der Waals surface area contributed by atoms with Crippen molar-refractivity contribution < 1.29 is 8.42 Å². The molecule has 0 saturated carbocycles. The van der Waals surface area contributed by atoms with E-state index in [9.17, 15) is 8.42 Å². The summed E-state index contributed by atoms with van der Waals surface area (Å²) in [7, 11) is -1.46. The van der Waals surface area contributed by atoms with Crippen LogP contribution in [0.15, 0.2) is 23.4 Å². The first-order valence-electron chi connectivity index (χ1n) is 6.92. The highest BCUT2D eigenvalue weighted by molar-refractivity contribution is 7.89. The van der Waals surface area contributed by atoms with Crippen LogP contribution in [-0.4, -0.2) is 62.4 Å². The molecule has 0 radical (unpaired) electrons. The molecule has 7 heteroatoms. The Balaban J connectivity index is 2.30. The van der Waals surface area contributed by atoms with Crippen molar-refractivity contribution in [3.8, 4) is 0 Å². The largest absolute Gasteiger partial charge is 0.384 e. The molecular formula is C13H22N4O2S. The van der Waals surface area contributed by atoms with E-state index < -0.39 is 10.0 Å². The van der Waals surface area contributed by atoms with Gasteiger partial charge in [0, 0.05) is 38.6 Å². The van der Waals surface area contributed by atoms with E-state index in [1.807, 2.05) is 14.0 Å². The second-order valence-electron chi connectivity index (χ2n) is 4.96. The summed E-state index contributed by atoms with van der Waals surface area (Å²) in [5.74, 6) is 0. The fraction of sp³-hybridized carbons (Fsp3) is 0.615. The smallest absolute Gasteiger partial charge is 0.246 e. The zero-order chi connectivity index (χ0) is 14.6. The normalized spacial score (nSPS) is 18.7. The fourth-order valence-corrected chi connectivity index (χ4v) is 3.91. The van der Waals surface area contributed by atoms with Crippen LogP contribution < -0.4 is 5.32 Å². The summed E-state index contributed by atoms with van der Waals surface area (Å²) >= 11 is 0. The zero-order valence-corrected chi connectivity index (χ0v) is 12.9. The standard InChI is InChI=1S/C13H22N4O2S/c1-3-15-12-5-6-14-11-13(12)20(18,19)17-8-4-7-16(2)9-10-17/h5-6,11H,3-4,7-10H2,1-2H3,(H,14,15). The number of hydrogen-bond donors (Lipinski definition) is 1. The molecule has 1 N–H and O–H groups in total. The maximum absolute atomic E-state index is 12.8. The highest BCUT2D eigenvalue weighted by atomic mass is 32.2. The molecule has 0 spiro atoms. The van der Waals surface area contributed by atoms with E-state index in [1.54, 1.807) is 16.6 Å². The number of anilines is 1. The Kier molecular flexibility index (Phi) is 4.95. The van der Waals surface area contributed by atoms with Gasteiger partial charge in [0.25, 0.3) is 0 Å². The number of likely N-dealkylation sites (N-methyl/N-ethyl adjacent to an activating group) is 1. The number of nitrogens with zero attached hydrogens (tertiary/aromatic N) is 3. The molecule has 1 aromatic heterocycles. The van der Waals surface area contributed by atoms with Crippen molar-refractivity contribution in [3.05, 3.63) is 18.5 Å². The predicted molar refractivity (Wildman–Crippen MR) is 79.3 cm³/mol. The maximum Gasteiger partial charge on any atom is 0.246 e. The third-order valence-electron chi connectivity index (χ3n) is 3.45. The minimum Gasteiger partial charge on any atom is -0.384 e. The molecule has 1 saturated heterocycles. The van der Waals surface area contributed by atoms with Crippen LogP contribution in [0.1, 0.15) is 13.3 Å². The van der Waals surface area contributed by atoms with Crippen LogP contribution in [0, 0.1) is 0 Å². The Bertz CT molecular complexity index is 547. The molecule has 1 aromatic rings. The minimum atomic E-state index is -3.48. The Hall–Kier alpha value is -1.18. The average Bonchev–Trinajstić information content (AvgIpc) is 2.65. The summed E-state index contributed by atoms with van der Waals surface area (Å²) in [4.78, 5) is 6.40. The van der Waals surface area contributed by atoms with Crippen LogP contribution in [0.2, 0.25) is 0 Å². The third-order valence-corrected chi connectivity index (χ3v) is 5.37. The van der Waals surface area contributed by atoms with Gasteiger partial charge >= 0.3 is 0 Å². The molecule has 1 aliphatic rings. The molecule has 112 valence electrons. The van der Waals surface area contributed by atoms with Gasteiger partial charge in [0.2, 0.25) is 10.0 Å². The molecular weight excluding hydrogens is 276 g/mol. The Morgan fingerprint density at radius 2 is 2.10 bits per heavy atom. The molecule has 0 aliphatic carbocycles. The summed E-state index contributed by atoms with van der Waals surface area (Å²) in [5, 5.41) is 3.09. The lowest BCUT2D eigenvalue weighted by Gasteiger charge is -2.21. The Morgan fingerprint density at radius 3 is 2.85 bits per heavy atom. The molecule has 0 amide bonds. The molecule has 1 aliphatic heterocycles. The molecule has 0 unspecified atom stereocenters. The van der Waals surface area contributed by atoms with Crippen molar-refractivity contribution in [1.82, 2.24) is 14.2 Å². The summed E-state index contributed by atoms with van der Waals surface area (Å²) < 4.78 is 27.1. The Morgan fingerprint density at radius 1 is 1.30 bits per heavy atom. The summed E-state index contributed by atoms with van der Waals surface area (Å²) in [6.45, 7) is 5.40.